The molecule has 0 aliphatic carbocycles. The largest absolute Gasteiger partial charge is 0.401 e. The lowest BCUT2D eigenvalue weighted by molar-refractivity contribution is -0.143. The number of hydrogen-bond donors (Lipinski definition) is 2. The van der Waals surface area contributed by atoms with Crippen molar-refractivity contribution in [2.75, 3.05) is 33.3 Å². The van der Waals surface area contributed by atoms with Crippen molar-refractivity contribution in [1.82, 2.24) is 10.2 Å². The zero-order valence-corrected chi connectivity index (χ0v) is 9.14. The molecule has 0 saturated carbocycles. The lowest BCUT2D eigenvalue weighted by Crippen LogP contribution is -2.44. The van der Waals surface area contributed by atoms with Crippen molar-refractivity contribution in [1.29, 1.82) is 0 Å². The van der Waals surface area contributed by atoms with Crippen LogP contribution in [0.4, 0.5) is 13.2 Å². The molecule has 0 spiro atoms. The van der Waals surface area contributed by atoms with Crippen molar-refractivity contribution >= 4 is 0 Å². The summed E-state index contributed by atoms with van der Waals surface area (Å²) in [6.45, 7) is 1.75. The van der Waals surface area contributed by atoms with Crippen molar-refractivity contribution < 1.29 is 18.3 Å². The number of halogens is 3. The average Bonchev–Trinajstić information content (AvgIpc) is 2.09. The first-order valence-corrected chi connectivity index (χ1v) is 4.98. The summed E-state index contributed by atoms with van der Waals surface area (Å²) in [5.41, 5.74) is 0. The summed E-state index contributed by atoms with van der Waals surface area (Å²) in [5, 5.41) is 11.9. The fraction of sp³-hybridized carbons (Fsp3) is 1.00. The molecule has 15 heavy (non-hydrogen) atoms. The van der Waals surface area contributed by atoms with Gasteiger partial charge in [0.15, 0.2) is 0 Å². The Morgan fingerprint density at radius 3 is 2.40 bits per heavy atom. The highest BCUT2D eigenvalue weighted by atomic mass is 19.4. The molecule has 2 N–H and O–H groups in total. The summed E-state index contributed by atoms with van der Waals surface area (Å²) in [6, 6.07) is -0.294. The predicted molar refractivity (Wildman–Crippen MR) is 52.7 cm³/mol. The van der Waals surface area contributed by atoms with Crippen LogP contribution in [0.1, 0.15) is 13.3 Å². The van der Waals surface area contributed by atoms with Crippen molar-refractivity contribution in [3.8, 4) is 0 Å². The lowest BCUT2D eigenvalue weighted by Gasteiger charge is -2.24. The first-order chi connectivity index (χ1) is 6.89. The Morgan fingerprint density at radius 1 is 1.40 bits per heavy atom. The van der Waals surface area contributed by atoms with Crippen molar-refractivity contribution in [2.45, 2.75) is 25.6 Å². The summed E-state index contributed by atoms with van der Waals surface area (Å²) in [4.78, 5) is 1.16. The Kier molecular flexibility index (Phi) is 6.87. The van der Waals surface area contributed by atoms with Crippen LogP contribution in [0.3, 0.4) is 0 Å². The third-order valence-corrected chi connectivity index (χ3v) is 1.88. The highest BCUT2D eigenvalue weighted by Crippen LogP contribution is 2.15. The molecule has 92 valence electrons. The molecule has 0 aliphatic heterocycles. The Balaban J connectivity index is 3.85. The fourth-order valence-electron chi connectivity index (χ4n) is 1.28. The molecular weight excluding hydrogens is 209 g/mol. The number of nitrogens with zero attached hydrogens (tertiary/aromatic N) is 1. The van der Waals surface area contributed by atoms with Crippen molar-refractivity contribution in [3.05, 3.63) is 0 Å². The minimum Gasteiger partial charge on any atom is -0.395 e. The highest BCUT2D eigenvalue weighted by molar-refractivity contribution is 4.70. The van der Waals surface area contributed by atoms with Crippen molar-refractivity contribution in [3.63, 3.8) is 0 Å². The first kappa shape index (κ1) is 14.7. The van der Waals surface area contributed by atoms with Crippen LogP contribution in [-0.4, -0.2) is 55.5 Å². The molecule has 1 atom stereocenters. The van der Waals surface area contributed by atoms with Gasteiger partial charge in [-0.05, 0) is 20.0 Å². The lowest BCUT2D eigenvalue weighted by atomic mass is 10.2. The maximum atomic E-state index is 12.0. The van der Waals surface area contributed by atoms with Gasteiger partial charge in [-0.15, -0.1) is 0 Å². The van der Waals surface area contributed by atoms with Gasteiger partial charge in [0, 0.05) is 12.6 Å². The van der Waals surface area contributed by atoms with E-state index in [2.05, 4.69) is 5.32 Å². The summed E-state index contributed by atoms with van der Waals surface area (Å²) in [5.74, 6) is 0. The van der Waals surface area contributed by atoms with E-state index in [1.54, 1.807) is 0 Å². The highest BCUT2D eigenvalue weighted by Gasteiger charge is 2.29. The van der Waals surface area contributed by atoms with Crippen LogP contribution in [0, 0.1) is 0 Å². The van der Waals surface area contributed by atoms with E-state index in [-0.39, 0.29) is 19.2 Å². The molecule has 0 aromatic heterocycles. The predicted octanol–water partition coefficient (Wildman–Crippen LogP) is 0.841. The molecule has 3 nitrogen and oxygen atoms in total. The second-order valence-electron chi connectivity index (χ2n) is 3.65. The zero-order chi connectivity index (χ0) is 11.9. The molecule has 0 saturated heterocycles. The van der Waals surface area contributed by atoms with Gasteiger partial charge in [-0.3, -0.25) is 4.90 Å². The third kappa shape index (κ3) is 8.65. The molecule has 0 aromatic rings. The van der Waals surface area contributed by atoms with Gasteiger partial charge in [-0.25, -0.2) is 0 Å². The van der Waals surface area contributed by atoms with Gasteiger partial charge in [0.25, 0.3) is 0 Å². The van der Waals surface area contributed by atoms with E-state index in [0.29, 0.717) is 6.54 Å². The van der Waals surface area contributed by atoms with E-state index in [0.717, 1.165) is 11.3 Å². The second kappa shape index (κ2) is 7.03. The molecule has 0 amide bonds. The molecule has 0 aliphatic rings. The molecule has 0 radical (unpaired) electrons. The summed E-state index contributed by atoms with van der Waals surface area (Å²) < 4.78 is 36.0. The van der Waals surface area contributed by atoms with Gasteiger partial charge in [0.05, 0.1) is 13.2 Å². The van der Waals surface area contributed by atoms with Crippen LogP contribution in [-0.2, 0) is 0 Å². The Hall–Kier alpha value is -0.330. The minimum atomic E-state index is -4.18. The van der Waals surface area contributed by atoms with Crippen LogP contribution in [0.15, 0.2) is 0 Å². The standard InChI is InChI=1S/C9H19F3N2O/c1-3-4-13-8(6-15)5-14(2)7-9(10,11)12/h8,13,15H,3-7H2,1-2H3. The minimum absolute atomic E-state index is 0.151. The van der Waals surface area contributed by atoms with Gasteiger partial charge in [-0.1, -0.05) is 6.92 Å². The number of rotatable bonds is 7. The number of alkyl halides is 3. The van der Waals surface area contributed by atoms with Gasteiger partial charge in [-0.2, -0.15) is 13.2 Å². The number of nitrogens with one attached hydrogen (secondary N) is 1. The van der Waals surface area contributed by atoms with E-state index in [1.807, 2.05) is 6.92 Å². The number of aliphatic hydroxyl groups is 1. The SMILES string of the molecule is CCCNC(CO)CN(C)CC(F)(F)F. The van der Waals surface area contributed by atoms with E-state index in [4.69, 9.17) is 5.11 Å². The average molecular weight is 228 g/mol. The normalized spacial score (nSPS) is 14.6. The Bertz CT molecular complexity index is 164. The van der Waals surface area contributed by atoms with Gasteiger partial charge < -0.3 is 10.4 Å². The summed E-state index contributed by atoms with van der Waals surface area (Å²) in [6.07, 6.45) is -3.29. The molecule has 0 bridgehead atoms. The second-order valence-corrected chi connectivity index (χ2v) is 3.65. The first-order valence-electron chi connectivity index (χ1n) is 4.98. The van der Waals surface area contributed by atoms with Crippen LogP contribution in [0.5, 0.6) is 0 Å². The van der Waals surface area contributed by atoms with Gasteiger partial charge >= 0.3 is 6.18 Å². The third-order valence-electron chi connectivity index (χ3n) is 1.88. The van der Waals surface area contributed by atoms with Crippen molar-refractivity contribution in [2.24, 2.45) is 0 Å². The fourth-order valence-corrected chi connectivity index (χ4v) is 1.28. The molecule has 0 fully saturated rings. The summed E-state index contributed by atoms with van der Waals surface area (Å²) in [7, 11) is 1.39. The Morgan fingerprint density at radius 2 is 2.00 bits per heavy atom. The van der Waals surface area contributed by atoms with Crippen LogP contribution < -0.4 is 5.32 Å². The van der Waals surface area contributed by atoms with E-state index in [9.17, 15) is 13.2 Å². The van der Waals surface area contributed by atoms with Crippen LogP contribution >= 0.6 is 0 Å². The molecule has 0 aromatic carbocycles. The maximum Gasteiger partial charge on any atom is 0.401 e. The van der Waals surface area contributed by atoms with Gasteiger partial charge in [0.1, 0.15) is 0 Å². The van der Waals surface area contributed by atoms with Crippen LogP contribution in [0.2, 0.25) is 0 Å². The number of aliphatic hydroxyl groups excluding tert-OH is 1. The van der Waals surface area contributed by atoms with Gasteiger partial charge in [0.2, 0.25) is 0 Å². The monoisotopic (exact) mass is 228 g/mol. The summed E-state index contributed by atoms with van der Waals surface area (Å²) >= 11 is 0. The molecule has 1 unspecified atom stereocenters. The quantitative estimate of drug-likeness (QED) is 0.678. The molecule has 0 heterocycles. The topological polar surface area (TPSA) is 35.5 Å². The molecule has 0 rings (SSSR count). The molecular formula is C9H19F3N2O. The smallest absolute Gasteiger partial charge is 0.395 e. The Labute approximate surface area is 88.3 Å². The van der Waals surface area contributed by atoms with E-state index >= 15 is 0 Å². The van der Waals surface area contributed by atoms with Crippen LogP contribution in [0.25, 0.3) is 0 Å². The number of likely N-dealkylation sites (N-methyl/N-ethyl adjacent to an activating group) is 1. The maximum absolute atomic E-state index is 12.0. The van der Waals surface area contributed by atoms with E-state index in [1.165, 1.54) is 7.05 Å². The zero-order valence-electron chi connectivity index (χ0n) is 9.14. The molecule has 6 heteroatoms. The van der Waals surface area contributed by atoms with E-state index < -0.39 is 12.7 Å². The number of hydrogen-bond acceptors (Lipinski definition) is 3.